The van der Waals surface area contributed by atoms with E-state index < -0.39 is 33.9 Å². The second kappa shape index (κ2) is 34.3. The van der Waals surface area contributed by atoms with Crippen molar-refractivity contribution >= 4 is 81.6 Å². The van der Waals surface area contributed by atoms with Crippen LogP contribution in [-0.2, 0) is 54.7 Å². The van der Waals surface area contributed by atoms with E-state index in [0.717, 1.165) is 112 Å². The van der Waals surface area contributed by atoms with Crippen molar-refractivity contribution in [1.82, 2.24) is 54.1 Å². The molecule has 1 fully saturated rings. The van der Waals surface area contributed by atoms with Gasteiger partial charge in [-0.2, -0.15) is 14.6 Å². The Morgan fingerprint density at radius 1 is 0.607 bits per heavy atom. The Hall–Kier alpha value is -12.9. The monoisotopic (exact) mass is 1620 g/mol. The number of nitrogens with zero attached hydrogens (tertiary/aromatic N) is 14. The molecule has 10 aromatic rings. The third kappa shape index (κ3) is 17.4. The molecule has 7 aromatic heterocycles. The quantitative estimate of drug-likeness (QED) is 0.0877. The van der Waals surface area contributed by atoms with Crippen molar-refractivity contribution in [3.8, 4) is 92.4 Å². The maximum absolute atomic E-state index is 14.6. The van der Waals surface area contributed by atoms with Crippen LogP contribution in [0.2, 0.25) is 5.02 Å². The maximum Gasteiger partial charge on any atom is 0.239 e. The molecule has 117 heavy (non-hydrogen) atoms. The Morgan fingerprint density at radius 3 is 1.86 bits per heavy atom. The lowest BCUT2D eigenvalue weighted by molar-refractivity contribution is -0.131. The van der Waals surface area contributed by atoms with Crippen molar-refractivity contribution in [2.24, 2.45) is 39.2 Å². The van der Waals surface area contributed by atoms with Gasteiger partial charge >= 0.3 is 0 Å². The number of likely N-dealkylation sites (tertiary alicyclic amines) is 1. The number of rotatable bonds is 11. The Labute approximate surface area is 693 Å². The molecule has 12 heterocycles. The van der Waals surface area contributed by atoms with E-state index in [1.165, 1.54) is 25.2 Å². The first-order valence-electron chi connectivity index (χ1n) is 37.7. The fourth-order valence-corrected chi connectivity index (χ4v) is 17.1. The standard InChI is InChI=1S/C27H30N6O.C26H24N4O2S.C19H18FN3OS.C18H18ClN5O/c1-7-8-18-13-21(16-29-15-18)22-14-23(33(6)31-22)27(4)24(25(34)32(5)26(28)30-27)20-11-9-19(10-12-20)17(2)3;1-4-5-16-10-19(14-28-13-16)20-12-22(33-15-20)26(2)23(24(31)30(3)25(27)29-26)18-6-7-21-17(11-18)8-9-32-21;1-4-5-12-6-7-22-14(8-12)13-9-15(25-18(13)20)19(2)10-16(21)23(3)17(24)11-19;1-4-5-12-6-14(19)8-15(7-12)24-11-13(10-21-24)18(2)9-16(25)23(3)17(20)22-18/h9-17,24H,1-6H3,(H2,28,30);6-7,10-15,23H,8-9H2,1-3H3,(H2,27,29);6-9,21H,10-11H2,1-3H3;6-8,10-11H,9H2,1-3H3,(H2,20,22)/t24?,27-;23-,26-;19-;18-/m1100/s1. The van der Waals surface area contributed by atoms with E-state index in [-0.39, 0.29) is 65.3 Å². The lowest BCUT2D eigenvalue weighted by atomic mass is 9.76. The van der Waals surface area contributed by atoms with Crippen molar-refractivity contribution in [2.75, 3.05) is 34.8 Å². The van der Waals surface area contributed by atoms with Gasteiger partial charge in [-0.15, -0.1) is 46.4 Å². The summed E-state index contributed by atoms with van der Waals surface area (Å²) in [6, 6.07) is 33.1. The van der Waals surface area contributed by atoms with Crippen molar-refractivity contribution in [3.63, 3.8) is 0 Å². The number of amidine groups is 1. The van der Waals surface area contributed by atoms with E-state index >= 15 is 0 Å². The first-order valence-corrected chi connectivity index (χ1v) is 39.7. The van der Waals surface area contributed by atoms with Crippen molar-refractivity contribution in [2.45, 2.75) is 135 Å². The molecule has 5 aliphatic rings. The van der Waals surface area contributed by atoms with Gasteiger partial charge in [0.15, 0.2) is 23.0 Å². The van der Waals surface area contributed by atoms with E-state index in [9.17, 15) is 23.6 Å². The SMILES string of the molecule is CC#Cc1cc(Cl)cc(-n2cc([C@]3(C)CC(=O)N(C)C(N)=N3)cn2)c1.CC#Cc1ccnc(-c2cc([C@@]3(C)CC(=N)N(C)C(=O)C3)sc2F)c1.CC#Cc1cncc(-c2cc([C@@]3(C)N=C(N)N(C)C(=O)C3c3ccc(C(C)C)cc3)n(C)n2)c1.CC#Cc1cncc(-c2csc([C@@]3(C)N=C(N)N(C)C(=O)[C@H]3c3ccc4c(c3)CCO4)c2)c1. The lowest BCUT2D eigenvalue weighted by Gasteiger charge is -2.40. The largest absolute Gasteiger partial charge is 0.493 e. The predicted molar refractivity (Wildman–Crippen MR) is 459 cm³/mol. The summed E-state index contributed by atoms with van der Waals surface area (Å²) in [5, 5.41) is 19.5. The first-order chi connectivity index (χ1) is 55.7. The third-order valence-corrected chi connectivity index (χ3v) is 24.0. The summed E-state index contributed by atoms with van der Waals surface area (Å²) in [6.07, 6.45) is 14.0. The number of aromatic nitrogens is 7. The molecule has 4 amide bonds. The van der Waals surface area contributed by atoms with Crippen LogP contribution in [0, 0.1) is 57.9 Å². The number of halogens is 2. The Morgan fingerprint density at radius 2 is 1.21 bits per heavy atom. The maximum atomic E-state index is 14.6. The van der Waals surface area contributed by atoms with Crippen LogP contribution in [0.4, 0.5) is 4.39 Å². The van der Waals surface area contributed by atoms with Gasteiger partial charge < -0.3 is 26.8 Å². The van der Waals surface area contributed by atoms with Crippen molar-refractivity contribution in [1.29, 1.82) is 5.41 Å². The number of guanidine groups is 3. The molecule has 0 spiro atoms. The fourth-order valence-electron chi connectivity index (χ4n) is 14.8. The summed E-state index contributed by atoms with van der Waals surface area (Å²) in [7, 11) is 8.43. The Bertz CT molecular complexity index is 5950. The Balaban J connectivity index is 0.000000145. The highest BCUT2D eigenvalue weighted by Crippen LogP contribution is 2.50. The summed E-state index contributed by atoms with van der Waals surface area (Å²) in [5.74, 6) is 24.2. The number of ether oxygens (including phenoxy) is 1. The van der Waals surface area contributed by atoms with Gasteiger partial charge in [-0.25, -0.2) is 19.7 Å². The van der Waals surface area contributed by atoms with Crippen LogP contribution in [0.3, 0.4) is 0 Å². The molecule has 15 rings (SSSR count). The Kier molecular flexibility index (Phi) is 24.5. The van der Waals surface area contributed by atoms with Crippen LogP contribution in [0.1, 0.15) is 172 Å². The molecule has 0 radical (unpaired) electrons. The molecule has 596 valence electrons. The second-order valence-corrected chi connectivity index (χ2v) is 32.5. The summed E-state index contributed by atoms with van der Waals surface area (Å²) in [5.41, 5.74) is 29.5. The molecule has 3 aromatic carbocycles. The molecule has 23 nitrogen and oxygen atoms in total. The van der Waals surface area contributed by atoms with Crippen LogP contribution < -0.4 is 21.9 Å². The first kappa shape index (κ1) is 83.6. The number of benzene rings is 3. The number of pyridine rings is 3. The summed E-state index contributed by atoms with van der Waals surface area (Å²) >= 11 is 8.78. The van der Waals surface area contributed by atoms with Gasteiger partial charge in [0.1, 0.15) is 22.7 Å². The van der Waals surface area contributed by atoms with Crippen LogP contribution >= 0.6 is 34.3 Å². The van der Waals surface area contributed by atoms with Gasteiger partial charge in [0, 0.05) is 156 Å². The average molecular weight is 1620 g/mol. The van der Waals surface area contributed by atoms with E-state index in [4.69, 9.17) is 54.0 Å². The van der Waals surface area contributed by atoms with E-state index in [1.54, 1.807) is 138 Å². The highest BCUT2D eigenvalue weighted by Gasteiger charge is 2.51. The number of fused-ring (bicyclic) bond motifs is 1. The van der Waals surface area contributed by atoms with Crippen molar-refractivity contribution in [3.05, 3.63) is 228 Å². The minimum absolute atomic E-state index is 0.0688. The van der Waals surface area contributed by atoms with E-state index in [0.29, 0.717) is 35.2 Å². The second-order valence-electron chi connectivity index (χ2n) is 30.1. The number of aryl methyl sites for hydroxylation is 1. The van der Waals surface area contributed by atoms with E-state index in [2.05, 4.69) is 116 Å². The normalized spacial score (nSPS) is 20.6. The van der Waals surface area contributed by atoms with E-state index in [1.807, 2.05) is 95.7 Å². The van der Waals surface area contributed by atoms with Crippen molar-refractivity contribution < 1.29 is 28.3 Å². The molecule has 0 bridgehead atoms. The molecule has 0 saturated carbocycles. The molecule has 5 aliphatic heterocycles. The molecule has 27 heteroatoms. The zero-order valence-electron chi connectivity index (χ0n) is 67.8. The summed E-state index contributed by atoms with van der Waals surface area (Å²) in [4.78, 5) is 85.8. The van der Waals surface area contributed by atoms with Crippen LogP contribution in [-0.4, -0.2) is 136 Å². The fraction of sp³-hybridized carbons (Fsp3) is 0.300. The van der Waals surface area contributed by atoms with Crippen LogP contribution in [0.25, 0.3) is 39.3 Å². The van der Waals surface area contributed by atoms with Gasteiger partial charge in [-0.05, 0) is 154 Å². The number of aliphatic imine (C=N–C) groups is 3. The van der Waals surface area contributed by atoms with Gasteiger partial charge in [0.2, 0.25) is 23.6 Å². The third-order valence-electron chi connectivity index (χ3n) is 21.4. The number of nitrogens with one attached hydrogen (secondary N) is 1. The number of piperidine rings is 1. The van der Waals surface area contributed by atoms with Gasteiger partial charge in [-0.1, -0.05) is 92.5 Å². The smallest absolute Gasteiger partial charge is 0.239 e. The number of hydrogen-bond acceptors (Lipinski definition) is 19. The number of hydrogen-bond donors (Lipinski definition) is 4. The summed E-state index contributed by atoms with van der Waals surface area (Å²) in [6.45, 7) is 19.8. The minimum atomic E-state index is -0.943. The highest BCUT2D eigenvalue weighted by molar-refractivity contribution is 7.11. The minimum Gasteiger partial charge on any atom is -0.493 e. The lowest BCUT2D eigenvalue weighted by Crippen LogP contribution is -2.53. The molecule has 7 N–H and O–H groups in total. The van der Waals surface area contributed by atoms with Crippen LogP contribution in [0.15, 0.2) is 167 Å². The average Bonchev–Trinajstić information content (AvgIpc) is 1.76. The molecule has 6 atom stereocenters. The topological polar surface area (TPSA) is 304 Å². The number of nitrogens with two attached hydrogens (primary N) is 3. The molecule has 1 saturated heterocycles. The van der Waals surface area contributed by atoms with Gasteiger partial charge in [-0.3, -0.25) is 58.9 Å². The molecule has 0 aliphatic carbocycles. The number of carbonyl (C=O) groups is 4. The molecule has 1 unspecified atom stereocenters. The zero-order valence-corrected chi connectivity index (χ0v) is 70.2. The zero-order chi connectivity index (χ0) is 84.2. The van der Waals surface area contributed by atoms with Gasteiger partial charge in [0.25, 0.3) is 0 Å². The number of carbonyl (C=O) groups excluding carboxylic acids is 4. The molecular weight excluding hydrogens is 1530 g/mol. The number of likely N-dealkylation sites (N-methyl/N-ethyl adjacent to an activating group) is 2. The van der Waals surface area contributed by atoms with Gasteiger partial charge in [0.05, 0.1) is 59.4 Å². The summed E-state index contributed by atoms with van der Waals surface area (Å²) < 4.78 is 23.7. The number of thiophene rings is 2. The highest BCUT2D eigenvalue weighted by atomic mass is 35.5. The van der Waals surface area contributed by atoms with Crippen LogP contribution in [0.5, 0.6) is 5.75 Å². The predicted octanol–water partition coefficient (Wildman–Crippen LogP) is 13.8. The number of amides is 4. The molecular formula is C90H90ClFN18O5S2.